The van der Waals surface area contributed by atoms with Gasteiger partial charge in [0.25, 0.3) is 0 Å². The molecule has 0 aromatic rings. The summed E-state index contributed by atoms with van der Waals surface area (Å²) >= 11 is 5.81. The summed E-state index contributed by atoms with van der Waals surface area (Å²) in [5.41, 5.74) is 0. The molecule has 0 amide bonds. The van der Waals surface area contributed by atoms with Gasteiger partial charge in [0.05, 0.1) is 17.6 Å². The van der Waals surface area contributed by atoms with Gasteiger partial charge >= 0.3 is 5.16 Å². The van der Waals surface area contributed by atoms with E-state index in [2.05, 4.69) is 19.2 Å². The van der Waals surface area contributed by atoms with Crippen LogP contribution in [0.5, 0.6) is 0 Å². The van der Waals surface area contributed by atoms with Gasteiger partial charge in [-0.1, -0.05) is 0 Å². The minimum atomic E-state index is -0.539. The number of hydrogen-bond acceptors (Lipinski definition) is 5. The van der Waals surface area contributed by atoms with Crippen molar-refractivity contribution in [2.24, 2.45) is 5.92 Å². The van der Waals surface area contributed by atoms with Gasteiger partial charge < -0.3 is 15.0 Å². The first-order valence-corrected chi connectivity index (χ1v) is 7.03. The number of rotatable bonds is 3. The monoisotopic (exact) mass is 289 g/mol. The standard InChI is InChI=1S/C12H20ClN3O3/c1-8-3-4-14-12(11(13)16(17)18)15(8)6-10-5-9(2)19-7-10/h8-10,14H,3-7H2,1-2H3. The molecule has 0 aromatic heterocycles. The van der Waals surface area contributed by atoms with Crippen LogP contribution in [0.2, 0.25) is 0 Å². The van der Waals surface area contributed by atoms with Crippen LogP contribution in [0.15, 0.2) is 11.0 Å². The maximum absolute atomic E-state index is 10.9. The molecule has 0 bridgehead atoms. The molecule has 1 N–H and O–H groups in total. The largest absolute Gasteiger partial charge is 0.378 e. The van der Waals surface area contributed by atoms with Gasteiger partial charge in [-0.2, -0.15) is 0 Å². The second-order valence-electron chi connectivity index (χ2n) is 5.36. The van der Waals surface area contributed by atoms with Crippen LogP contribution >= 0.6 is 11.6 Å². The van der Waals surface area contributed by atoms with E-state index in [1.165, 1.54) is 0 Å². The maximum Gasteiger partial charge on any atom is 0.377 e. The minimum Gasteiger partial charge on any atom is -0.378 e. The molecule has 3 atom stereocenters. The summed E-state index contributed by atoms with van der Waals surface area (Å²) in [7, 11) is 0. The summed E-state index contributed by atoms with van der Waals surface area (Å²) in [5.74, 6) is 0.855. The van der Waals surface area contributed by atoms with E-state index in [0.717, 1.165) is 19.4 Å². The summed E-state index contributed by atoms with van der Waals surface area (Å²) in [6.07, 6.45) is 2.22. The normalized spacial score (nSPS) is 34.1. The van der Waals surface area contributed by atoms with Gasteiger partial charge in [0, 0.05) is 25.0 Å². The Morgan fingerprint density at radius 1 is 1.63 bits per heavy atom. The fourth-order valence-corrected chi connectivity index (χ4v) is 2.91. The van der Waals surface area contributed by atoms with Gasteiger partial charge in [-0.15, -0.1) is 0 Å². The Morgan fingerprint density at radius 2 is 2.37 bits per heavy atom. The number of ether oxygens (including phenoxy) is 1. The average Bonchev–Trinajstić information content (AvgIpc) is 2.76. The van der Waals surface area contributed by atoms with Crippen molar-refractivity contribution in [1.82, 2.24) is 10.2 Å². The summed E-state index contributed by atoms with van der Waals surface area (Å²) in [6.45, 7) is 6.31. The van der Waals surface area contributed by atoms with E-state index in [9.17, 15) is 10.1 Å². The average molecular weight is 290 g/mol. The Hall–Kier alpha value is -1.01. The van der Waals surface area contributed by atoms with Gasteiger partial charge in [-0.25, -0.2) is 0 Å². The molecular weight excluding hydrogens is 270 g/mol. The lowest BCUT2D eigenvalue weighted by molar-refractivity contribution is -0.415. The Morgan fingerprint density at radius 3 is 2.95 bits per heavy atom. The fourth-order valence-electron chi connectivity index (χ4n) is 2.74. The van der Waals surface area contributed by atoms with Crippen molar-refractivity contribution in [3.05, 3.63) is 21.1 Å². The van der Waals surface area contributed by atoms with Crippen molar-refractivity contribution in [1.29, 1.82) is 0 Å². The topological polar surface area (TPSA) is 67.6 Å². The smallest absolute Gasteiger partial charge is 0.377 e. The molecule has 108 valence electrons. The van der Waals surface area contributed by atoms with Crippen LogP contribution in [-0.2, 0) is 4.74 Å². The SMILES string of the molecule is CC1CC(CN2C(=C(Cl)[N+](=O)[O-])NCCC2C)CO1. The summed E-state index contributed by atoms with van der Waals surface area (Å²) in [4.78, 5) is 12.3. The molecule has 2 heterocycles. The molecule has 0 aliphatic carbocycles. The summed E-state index contributed by atoms with van der Waals surface area (Å²) in [6, 6.07) is 0.251. The molecular formula is C12H20ClN3O3. The van der Waals surface area contributed by atoms with Gasteiger partial charge in [-0.3, -0.25) is 10.1 Å². The quantitative estimate of drug-likeness (QED) is 0.487. The Labute approximate surface area is 117 Å². The molecule has 19 heavy (non-hydrogen) atoms. The molecule has 0 radical (unpaired) electrons. The van der Waals surface area contributed by atoms with Crippen molar-refractivity contribution >= 4 is 11.6 Å². The molecule has 7 heteroatoms. The highest BCUT2D eigenvalue weighted by atomic mass is 35.5. The second kappa shape index (κ2) is 5.96. The molecule has 0 aromatic carbocycles. The molecule has 0 saturated carbocycles. The van der Waals surface area contributed by atoms with Crippen LogP contribution < -0.4 is 5.32 Å². The fraction of sp³-hybridized carbons (Fsp3) is 0.833. The number of nitrogens with zero attached hydrogens (tertiary/aromatic N) is 2. The number of halogens is 1. The lowest BCUT2D eigenvalue weighted by Crippen LogP contribution is -2.48. The number of nitro groups is 1. The molecule has 0 spiro atoms. The molecule has 2 aliphatic heterocycles. The first-order chi connectivity index (χ1) is 8.99. The van der Waals surface area contributed by atoms with Crippen molar-refractivity contribution in [3.8, 4) is 0 Å². The Bertz CT molecular complexity index is 388. The van der Waals surface area contributed by atoms with E-state index < -0.39 is 4.92 Å². The summed E-state index contributed by atoms with van der Waals surface area (Å²) in [5, 5.41) is 13.6. The molecule has 2 aliphatic rings. The van der Waals surface area contributed by atoms with Crippen LogP contribution in [0, 0.1) is 16.0 Å². The highest BCUT2D eigenvalue weighted by Gasteiger charge is 2.32. The van der Waals surface area contributed by atoms with E-state index in [1.807, 2.05) is 4.90 Å². The lowest BCUT2D eigenvalue weighted by Gasteiger charge is -2.38. The van der Waals surface area contributed by atoms with Gasteiger partial charge in [0.2, 0.25) is 0 Å². The zero-order valence-electron chi connectivity index (χ0n) is 11.3. The molecule has 2 fully saturated rings. The van der Waals surface area contributed by atoms with E-state index in [4.69, 9.17) is 16.3 Å². The van der Waals surface area contributed by atoms with Gasteiger partial charge in [0.15, 0.2) is 5.82 Å². The Balaban J connectivity index is 2.12. The molecule has 2 saturated heterocycles. The van der Waals surface area contributed by atoms with Crippen molar-refractivity contribution < 1.29 is 9.66 Å². The predicted molar refractivity (Wildman–Crippen MR) is 72.2 cm³/mol. The lowest BCUT2D eigenvalue weighted by atomic mass is 10.0. The highest BCUT2D eigenvalue weighted by molar-refractivity contribution is 6.28. The van der Waals surface area contributed by atoms with Crippen molar-refractivity contribution in [2.75, 3.05) is 19.7 Å². The number of hydrogen-bond donors (Lipinski definition) is 1. The maximum atomic E-state index is 10.9. The molecule has 2 rings (SSSR count). The minimum absolute atomic E-state index is 0.251. The van der Waals surface area contributed by atoms with Crippen LogP contribution in [0.25, 0.3) is 0 Å². The van der Waals surface area contributed by atoms with Crippen LogP contribution in [0.4, 0.5) is 0 Å². The third-order valence-corrected chi connectivity index (χ3v) is 4.08. The van der Waals surface area contributed by atoms with E-state index in [1.54, 1.807) is 0 Å². The van der Waals surface area contributed by atoms with E-state index in [-0.39, 0.29) is 17.3 Å². The molecule has 3 unspecified atom stereocenters. The van der Waals surface area contributed by atoms with Gasteiger partial charge in [-0.05, 0) is 38.3 Å². The second-order valence-corrected chi connectivity index (χ2v) is 5.72. The van der Waals surface area contributed by atoms with Crippen molar-refractivity contribution in [2.45, 2.75) is 38.8 Å². The highest BCUT2D eigenvalue weighted by Crippen LogP contribution is 2.26. The Kier molecular flexibility index (Phi) is 4.52. The first-order valence-electron chi connectivity index (χ1n) is 6.65. The first kappa shape index (κ1) is 14.4. The van der Waals surface area contributed by atoms with E-state index >= 15 is 0 Å². The summed E-state index contributed by atoms with van der Waals surface area (Å²) < 4.78 is 5.56. The van der Waals surface area contributed by atoms with Crippen LogP contribution in [0.1, 0.15) is 26.7 Å². The third kappa shape index (κ3) is 3.30. The van der Waals surface area contributed by atoms with Crippen LogP contribution in [0.3, 0.4) is 0 Å². The number of nitrogens with one attached hydrogen (secondary N) is 1. The predicted octanol–water partition coefficient (Wildman–Crippen LogP) is 1.74. The zero-order valence-corrected chi connectivity index (χ0v) is 12.0. The van der Waals surface area contributed by atoms with Crippen molar-refractivity contribution in [3.63, 3.8) is 0 Å². The molecule has 6 nitrogen and oxygen atoms in total. The van der Waals surface area contributed by atoms with Crippen LogP contribution in [-0.4, -0.2) is 41.7 Å². The van der Waals surface area contributed by atoms with Gasteiger partial charge in [0.1, 0.15) is 0 Å². The van der Waals surface area contributed by atoms with E-state index in [0.29, 0.717) is 24.9 Å². The zero-order chi connectivity index (χ0) is 14.0. The third-order valence-electron chi connectivity index (χ3n) is 3.77.